The van der Waals surface area contributed by atoms with E-state index in [1.54, 1.807) is 18.2 Å². The first kappa shape index (κ1) is 14.7. The number of amidine groups is 1. The molecular weight excluding hydrogens is 344 g/mol. The van der Waals surface area contributed by atoms with Crippen LogP contribution in [0.1, 0.15) is 11.1 Å². The first-order valence-corrected chi connectivity index (χ1v) is 6.92. The van der Waals surface area contributed by atoms with Crippen LogP contribution in [0.5, 0.6) is 5.75 Å². The Kier molecular flexibility index (Phi) is 4.87. The van der Waals surface area contributed by atoms with Gasteiger partial charge in [0.15, 0.2) is 5.84 Å². The van der Waals surface area contributed by atoms with Crippen LogP contribution in [0, 0.1) is 0 Å². The Morgan fingerprint density at radius 2 is 1.95 bits per heavy atom. The van der Waals surface area contributed by atoms with Crippen LogP contribution < -0.4 is 10.5 Å². The minimum Gasteiger partial charge on any atom is -0.488 e. The fourth-order valence-corrected chi connectivity index (χ4v) is 2.05. The van der Waals surface area contributed by atoms with Gasteiger partial charge in [0.1, 0.15) is 12.4 Å². The van der Waals surface area contributed by atoms with Crippen molar-refractivity contribution in [3.63, 3.8) is 0 Å². The number of oxime groups is 1. The maximum atomic E-state index is 8.77. The molecule has 0 aromatic heterocycles. The highest BCUT2D eigenvalue weighted by Crippen LogP contribution is 2.24. The summed E-state index contributed by atoms with van der Waals surface area (Å²) >= 11 is 9.31. The zero-order valence-electron chi connectivity index (χ0n) is 10.4. The topological polar surface area (TPSA) is 67.8 Å². The standard InChI is InChI=1S/C14H12BrClN2O2/c15-10-3-1-9(2-4-10)8-20-13-7-11(16)5-6-12(13)14(17)18-19/h1-7,19H,8H2,(H2,17,18). The summed E-state index contributed by atoms with van der Waals surface area (Å²) < 4.78 is 6.70. The molecule has 20 heavy (non-hydrogen) atoms. The van der Waals surface area contributed by atoms with Crippen molar-refractivity contribution >= 4 is 33.4 Å². The highest BCUT2D eigenvalue weighted by molar-refractivity contribution is 9.10. The van der Waals surface area contributed by atoms with E-state index in [9.17, 15) is 0 Å². The van der Waals surface area contributed by atoms with Crippen LogP contribution in [0.2, 0.25) is 5.02 Å². The number of halogens is 2. The maximum Gasteiger partial charge on any atom is 0.173 e. The fourth-order valence-electron chi connectivity index (χ4n) is 1.62. The predicted octanol–water partition coefficient (Wildman–Crippen LogP) is 3.78. The number of hydrogen-bond acceptors (Lipinski definition) is 3. The third-order valence-corrected chi connectivity index (χ3v) is 3.40. The van der Waals surface area contributed by atoms with Gasteiger partial charge in [0, 0.05) is 9.50 Å². The van der Waals surface area contributed by atoms with Gasteiger partial charge in [0.2, 0.25) is 0 Å². The molecule has 0 bridgehead atoms. The van der Waals surface area contributed by atoms with Gasteiger partial charge in [-0.05, 0) is 35.9 Å². The van der Waals surface area contributed by atoms with Gasteiger partial charge < -0.3 is 15.7 Å². The van der Waals surface area contributed by atoms with E-state index in [4.69, 9.17) is 27.3 Å². The number of nitrogens with zero attached hydrogens (tertiary/aromatic N) is 1. The minimum absolute atomic E-state index is 0.0209. The molecule has 6 heteroatoms. The lowest BCUT2D eigenvalue weighted by Gasteiger charge is -2.11. The first-order chi connectivity index (χ1) is 9.60. The largest absolute Gasteiger partial charge is 0.488 e. The Balaban J connectivity index is 2.20. The molecule has 2 aromatic carbocycles. The van der Waals surface area contributed by atoms with E-state index in [0.29, 0.717) is 22.9 Å². The lowest BCUT2D eigenvalue weighted by molar-refractivity contribution is 0.303. The van der Waals surface area contributed by atoms with Crippen molar-refractivity contribution in [2.75, 3.05) is 0 Å². The molecule has 3 N–H and O–H groups in total. The lowest BCUT2D eigenvalue weighted by atomic mass is 10.2. The van der Waals surface area contributed by atoms with Crippen LogP contribution in [0.25, 0.3) is 0 Å². The molecule has 0 fully saturated rings. The maximum absolute atomic E-state index is 8.77. The van der Waals surface area contributed by atoms with E-state index in [2.05, 4.69) is 21.1 Å². The summed E-state index contributed by atoms with van der Waals surface area (Å²) in [7, 11) is 0. The number of rotatable bonds is 4. The summed E-state index contributed by atoms with van der Waals surface area (Å²) in [6.45, 7) is 0.360. The fraction of sp³-hybridized carbons (Fsp3) is 0.0714. The van der Waals surface area contributed by atoms with Crippen molar-refractivity contribution in [2.24, 2.45) is 10.9 Å². The molecule has 0 spiro atoms. The van der Waals surface area contributed by atoms with E-state index < -0.39 is 0 Å². The molecule has 0 aliphatic heterocycles. The van der Waals surface area contributed by atoms with Gasteiger partial charge in [-0.3, -0.25) is 0 Å². The highest BCUT2D eigenvalue weighted by Gasteiger charge is 2.09. The van der Waals surface area contributed by atoms with Crippen molar-refractivity contribution in [3.8, 4) is 5.75 Å². The second-order valence-corrected chi connectivity index (χ2v) is 5.39. The molecule has 0 atom stereocenters. The molecule has 2 aromatic rings. The zero-order chi connectivity index (χ0) is 14.5. The molecule has 0 radical (unpaired) electrons. The Hall–Kier alpha value is -1.72. The number of ether oxygens (including phenoxy) is 1. The number of benzene rings is 2. The minimum atomic E-state index is -0.0209. The van der Waals surface area contributed by atoms with Gasteiger partial charge >= 0.3 is 0 Å². The SMILES string of the molecule is N/C(=N/O)c1ccc(Cl)cc1OCc1ccc(Br)cc1. The van der Waals surface area contributed by atoms with Gasteiger partial charge in [-0.1, -0.05) is 44.8 Å². The van der Waals surface area contributed by atoms with Crippen LogP contribution in [0.15, 0.2) is 52.1 Å². The molecule has 2 rings (SSSR count). The zero-order valence-corrected chi connectivity index (χ0v) is 12.7. The Morgan fingerprint density at radius 3 is 2.60 bits per heavy atom. The Bertz CT molecular complexity index is 630. The quantitative estimate of drug-likeness (QED) is 0.379. The van der Waals surface area contributed by atoms with Crippen LogP contribution in [0.4, 0.5) is 0 Å². The summed E-state index contributed by atoms with van der Waals surface area (Å²) in [5.41, 5.74) is 7.10. The van der Waals surface area contributed by atoms with Crippen molar-refractivity contribution in [3.05, 3.63) is 63.1 Å². The average Bonchev–Trinajstić information content (AvgIpc) is 2.46. The summed E-state index contributed by atoms with van der Waals surface area (Å²) in [6, 6.07) is 12.7. The third-order valence-electron chi connectivity index (χ3n) is 2.63. The average molecular weight is 356 g/mol. The molecule has 0 heterocycles. The normalized spacial score (nSPS) is 11.4. The van der Waals surface area contributed by atoms with E-state index in [0.717, 1.165) is 10.0 Å². The smallest absolute Gasteiger partial charge is 0.173 e. The van der Waals surface area contributed by atoms with E-state index in [1.165, 1.54) is 0 Å². The molecule has 0 aliphatic carbocycles. The van der Waals surface area contributed by atoms with E-state index in [1.807, 2.05) is 24.3 Å². The van der Waals surface area contributed by atoms with E-state index in [-0.39, 0.29) is 5.84 Å². The van der Waals surface area contributed by atoms with Gasteiger partial charge in [-0.25, -0.2) is 0 Å². The Labute approximate surface area is 129 Å². The van der Waals surface area contributed by atoms with Crippen LogP contribution in [-0.4, -0.2) is 11.0 Å². The Morgan fingerprint density at radius 1 is 1.25 bits per heavy atom. The van der Waals surface area contributed by atoms with Crippen LogP contribution >= 0.6 is 27.5 Å². The van der Waals surface area contributed by atoms with Gasteiger partial charge in [-0.2, -0.15) is 0 Å². The summed E-state index contributed by atoms with van der Waals surface area (Å²) in [6.07, 6.45) is 0. The molecule has 0 amide bonds. The second kappa shape index (κ2) is 6.63. The van der Waals surface area contributed by atoms with Gasteiger partial charge in [0.25, 0.3) is 0 Å². The van der Waals surface area contributed by atoms with Crippen LogP contribution in [0.3, 0.4) is 0 Å². The molecular formula is C14H12BrClN2O2. The molecule has 0 saturated heterocycles. The third kappa shape index (κ3) is 3.65. The predicted molar refractivity (Wildman–Crippen MR) is 82.4 cm³/mol. The highest BCUT2D eigenvalue weighted by atomic mass is 79.9. The molecule has 4 nitrogen and oxygen atoms in total. The van der Waals surface area contributed by atoms with Gasteiger partial charge in [0.05, 0.1) is 5.56 Å². The van der Waals surface area contributed by atoms with Crippen molar-refractivity contribution in [1.82, 2.24) is 0 Å². The molecule has 0 aliphatic rings. The van der Waals surface area contributed by atoms with Crippen molar-refractivity contribution in [2.45, 2.75) is 6.61 Å². The monoisotopic (exact) mass is 354 g/mol. The molecule has 0 saturated carbocycles. The summed E-state index contributed by atoms with van der Waals surface area (Å²) in [5.74, 6) is 0.447. The van der Waals surface area contributed by atoms with E-state index >= 15 is 0 Å². The molecule has 0 unspecified atom stereocenters. The number of nitrogens with two attached hydrogens (primary N) is 1. The first-order valence-electron chi connectivity index (χ1n) is 5.75. The van der Waals surface area contributed by atoms with Crippen LogP contribution in [-0.2, 0) is 6.61 Å². The lowest BCUT2D eigenvalue weighted by Crippen LogP contribution is -2.14. The van der Waals surface area contributed by atoms with Crippen molar-refractivity contribution in [1.29, 1.82) is 0 Å². The number of hydrogen-bond donors (Lipinski definition) is 2. The van der Waals surface area contributed by atoms with Gasteiger partial charge in [-0.15, -0.1) is 0 Å². The van der Waals surface area contributed by atoms with Crippen molar-refractivity contribution < 1.29 is 9.94 Å². The molecule has 104 valence electrons. The summed E-state index contributed by atoms with van der Waals surface area (Å²) in [5, 5.41) is 12.3. The summed E-state index contributed by atoms with van der Waals surface area (Å²) in [4.78, 5) is 0. The second-order valence-electron chi connectivity index (χ2n) is 4.04.